The Morgan fingerprint density at radius 3 is 2.60 bits per heavy atom. The maximum absolute atomic E-state index is 13.0. The summed E-state index contributed by atoms with van der Waals surface area (Å²) in [6.07, 6.45) is 6.55. The van der Waals surface area contributed by atoms with Gasteiger partial charge in [-0.1, -0.05) is 18.0 Å². The number of hydrogen-bond acceptors (Lipinski definition) is 5. The summed E-state index contributed by atoms with van der Waals surface area (Å²) in [6, 6.07) is 6.43. The van der Waals surface area contributed by atoms with Crippen LogP contribution < -0.4 is 5.32 Å². The van der Waals surface area contributed by atoms with Crippen molar-refractivity contribution in [3.8, 4) is 6.07 Å². The molecule has 0 radical (unpaired) electrons. The first-order valence-corrected chi connectivity index (χ1v) is 12.7. The Bertz CT molecular complexity index is 1130. The lowest BCUT2D eigenvalue weighted by Gasteiger charge is -2.26. The zero-order chi connectivity index (χ0) is 21.3. The van der Waals surface area contributed by atoms with Crippen molar-refractivity contribution in [1.29, 1.82) is 5.26 Å². The summed E-state index contributed by atoms with van der Waals surface area (Å²) in [4.78, 5) is 14.2. The molecule has 2 heterocycles. The number of thiophene rings is 1. The van der Waals surface area contributed by atoms with Gasteiger partial charge in [0.1, 0.15) is 11.1 Å². The zero-order valence-electron chi connectivity index (χ0n) is 16.4. The smallest absolute Gasteiger partial charge is 0.257 e. The third-order valence-electron chi connectivity index (χ3n) is 5.65. The van der Waals surface area contributed by atoms with Crippen LogP contribution in [0.4, 0.5) is 5.00 Å². The number of halogens is 1. The molecule has 0 saturated carbocycles. The molecule has 4 rings (SSSR count). The molecule has 1 aliphatic carbocycles. The van der Waals surface area contributed by atoms with E-state index in [-0.39, 0.29) is 15.5 Å². The first-order valence-electron chi connectivity index (χ1n) is 10.1. The quantitative estimate of drug-likeness (QED) is 0.718. The lowest BCUT2D eigenvalue weighted by atomic mass is 9.96. The Morgan fingerprint density at radius 1 is 1.13 bits per heavy atom. The summed E-state index contributed by atoms with van der Waals surface area (Å²) in [5, 5.41) is 13.1. The standard InChI is InChI=1S/C21H22ClN3O3S2/c22-18-9-8-14(30(27,28)25-10-4-1-5-11-25)12-16(18)20(26)24-21-17(13-23)15-6-2-3-7-19(15)29-21/h8-9,12H,1-7,10-11H2,(H,24,26). The molecule has 0 bridgehead atoms. The maximum atomic E-state index is 13.0. The zero-order valence-corrected chi connectivity index (χ0v) is 18.8. The van der Waals surface area contributed by atoms with Gasteiger partial charge in [-0.05, 0) is 62.3 Å². The van der Waals surface area contributed by atoms with Gasteiger partial charge in [-0.3, -0.25) is 4.79 Å². The van der Waals surface area contributed by atoms with E-state index in [1.807, 2.05) is 0 Å². The summed E-state index contributed by atoms with van der Waals surface area (Å²) in [7, 11) is -3.68. The monoisotopic (exact) mass is 463 g/mol. The van der Waals surface area contributed by atoms with Crippen LogP contribution in [0.2, 0.25) is 5.02 Å². The van der Waals surface area contributed by atoms with Gasteiger partial charge in [0.05, 0.1) is 21.0 Å². The second kappa shape index (κ2) is 8.67. The van der Waals surface area contributed by atoms with Crippen molar-refractivity contribution in [3.63, 3.8) is 0 Å². The van der Waals surface area contributed by atoms with Gasteiger partial charge in [0.25, 0.3) is 5.91 Å². The minimum Gasteiger partial charge on any atom is -0.312 e. The lowest BCUT2D eigenvalue weighted by Crippen LogP contribution is -2.35. The number of nitrogens with zero attached hydrogens (tertiary/aromatic N) is 2. The minimum atomic E-state index is -3.68. The van der Waals surface area contributed by atoms with Gasteiger partial charge in [-0.25, -0.2) is 8.42 Å². The number of rotatable bonds is 4. The van der Waals surface area contributed by atoms with E-state index in [1.165, 1.54) is 33.8 Å². The largest absolute Gasteiger partial charge is 0.312 e. The first-order chi connectivity index (χ1) is 14.4. The van der Waals surface area contributed by atoms with Crippen LogP contribution in [-0.4, -0.2) is 31.7 Å². The van der Waals surface area contributed by atoms with E-state index >= 15 is 0 Å². The van der Waals surface area contributed by atoms with Gasteiger partial charge in [-0.15, -0.1) is 11.3 Å². The van der Waals surface area contributed by atoms with E-state index in [0.29, 0.717) is 23.7 Å². The molecule has 1 amide bonds. The van der Waals surface area contributed by atoms with Gasteiger partial charge in [0.15, 0.2) is 0 Å². The fourth-order valence-corrected chi connectivity index (χ4v) is 7.02. The molecule has 158 valence electrons. The highest BCUT2D eigenvalue weighted by Crippen LogP contribution is 2.38. The van der Waals surface area contributed by atoms with Crippen molar-refractivity contribution in [2.45, 2.75) is 49.8 Å². The second-order valence-electron chi connectivity index (χ2n) is 7.59. The van der Waals surface area contributed by atoms with Gasteiger partial charge in [0.2, 0.25) is 10.0 Å². The van der Waals surface area contributed by atoms with Gasteiger partial charge in [0, 0.05) is 18.0 Å². The van der Waals surface area contributed by atoms with Crippen molar-refractivity contribution >= 4 is 43.9 Å². The number of sulfonamides is 1. The van der Waals surface area contributed by atoms with E-state index in [0.717, 1.165) is 55.4 Å². The summed E-state index contributed by atoms with van der Waals surface area (Å²) < 4.78 is 27.4. The molecule has 9 heteroatoms. The lowest BCUT2D eigenvalue weighted by molar-refractivity contribution is 0.102. The van der Waals surface area contributed by atoms with Crippen molar-refractivity contribution in [2.24, 2.45) is 0 Å². The number of anilines is 1. The van der Waals surface area contributed by atoms with E-state index in [2.05, 4.69) is 11.4 Å². The molecule has 1 aromatic heterocycles. The van der Waals surface area contributed by atoms with Crippen LogP contribution in [-0.2, 0) is 22.9 Å². The number of nitriles is 1. The molecule has 0 spiro atoms. The fraction of sp³-hybridized carbons (Fsp3) is 0.429. The van der Waals surface area contributed by atoms with Crippen LogP contribution >= 0.6 is 22.9 Å². The average molecular weight is 464 g/mol. The van der Waals surface area contributed by atoms with E-state index < -0.39 is 15.9 Å². The highest BCUT2D eigenvalue weighted by Gasteiger charge is 2.28. The minimum absolute atomic E-state index is 0.0601. The Labute approximate surface area is 185 Å². The molecular weight excluding hydrogens is 442 g/mol. The van der Waals surface area contributed by atoms with Crippen LogP contribution in [0.3, 0.4) is 0 Å². The predicted octanol–water partition coefficient (Wildman–Crippen LogP) is 4.58. The number of piperidine rings is 1. The molecule has 30 heavy (non-hydrogen) atoms. The van der Waals surface area contributed by atoms with Crippen molar-refractivity contribution < 1.29 is 13.2 Å². The van der Waals surface area contributed by atoms with Crippen molar-refractivity contribution in [2.75, 3.05) is 18.4 Å². The van der Waals surface area contributed by atoms with Crippen molar-refractivity contribution in [3.05, 3.63) is 44.8 Å². The number of fused-ring (bicyclic) bond motifs is 1. The number of aryl methyl sites for hydroxylation is 1. The molecule has 0 unspecified atom stereocenters. The van der Waals surface area contributed by atoms with Crippen LogP contribution in [0.1, 0.15) is 58.5 Å². The molecule has 2 aromatic rings. The van der Waals surface area contributed by atoms with E-state index in [4.69, 9.17) is 11.6 Å². The van der Waals surface area contributed by atoms with Crippen molar-refractivity contribution in [1.82, 2.24) is 4.31 Å². The first kappa shape index (κ1) is 21.3. The summed E-state index contributed by atoms with van der Waals surface area (Å²) in [6.45, 7) is 0.970. The Balaban J connectivity index is 1.63. The molecule has 2 aliphatic rings. The van der Waals surface area contributed by atoms with Gasteiger partial charge in [-0.2, -0.15) is 9.57 Å². The molecule has 1 aromatic carbocycles. The number of hydrogen-bond donors (Lipinski definition) is 1. The Morgan fingerprint density at radius 2 is 1.87 bits per heavy atom. The molecule has 6 nitrogen and oxygen atoms in total. The molecule has 0 atom stereocenters. The fourth-order valence-electron chi connectivity index (χ4n) is 4.04. The summed E-state index contributed by atoms with van der Waals surface area (Å²) in [5.74, 6) is -0.509. The highest BCUT2D eigenvalue weighted by atomic mass is 35.5. The van der Waals surface area contributed by atoms with Crippen LogP contribution in [0.5, 0.6) is 0 Å². The number of amides is 1. The number of nitrogens with one attached hydrogen (secondary N) is 1. The third-order valence-corrected chi connectivity index (χ3v) is 9.08. The van der Waals surface area contributed by atoms with Crippen LogP contribution in [0.15, 0.2) is 23.1 Å². The SMILES string of the molecule is N#Cc1c(NC(=O)c2cc(S(=O)(=O)N3CCCCC3)ccc2Cl)sc2c1CCCC2. The van der Waals surface area contributed by atoms with Crippen LogP contribution in [0, 0.1) is 11.3 Å². The molecule has 1 aliphatic heterocycles. The van der Waals surface area contributed by atoms with E-state index in [9.17, 15) is 18.5 Å². The molecule has 1 fully saturated rings. The van der Waals surface area contributed by atoms with Gasteiger partial charge < -0.3 is 5.32 Å². The Kier molecular flexibility index (Phi) is 6.16. The van der Waals surface area contributed by atoms with Gasteiger partial charge >= 0.3 is 0 Å². The third kappa shape index (κ3) is 4.00. The summed E-state index contributed by atoms with van der Waals surface area (Å²) in [5.41, 5.74) is 1.62. The topological polar surface area (TPSA) is 90.3 Å². The number of carbonyl (C=O) groups excluding carboxylic acids is 1. The molecule has 1 saturated heterocycles. The average Bonchev–Trinajstić information content (AvgIpc) is 3.11. The number of carbonyl (C=O) groups is 1. The summed E-state index contributed by atoms with van der Waals surface area (Å²) >= 11 is 7.66. The molecular formula is C21H22ClN3O3S2. The normalized spacial score (nSPS) is 17.2. The maximum Gasteiger partial charge on any atom is 0.257 e. The van der Waals surface area contributed by atoms with Crippen LogP contribution in [0.25, 0.3) is 0 Å². The highest BCUT2D eigenvalue weighted by molar-refractivity contribution is 7.89. The second-order valence-corrected chi connectivity index (χ2v) is 11.0. The molecule has 1 N–H and O–H groups in total. The number of benzene rings is 1. The Hall–Kier alpha value is -1.92. The predicted molar refractivity (Wildman–Crippen MR) is 118 cm³/mol. The van der Waals surface area contributed by atoms with E-state index in [1.54, 1.807) is 0 Å².